The number of aldehydes is 1. The number of aliphatic carboxylic acids is 1. The average molecular weight is 1870 g/mol. The lowest BCUT2D eigenvalue weighted by Gasteiger charge is -2.37. The number of likely N-dealkylation sites (N-methyl/N-ethyl adjacent to an activating group) is 5. The number of carbonyl (C=O) groups excluding carboxylic acids is 15. The van der Waals surface area contributed by atoms with Crippen molar-refractivity contribution in [2.75, 3.05) is 66.4 Å². The number of nitrogens with two attached hydrogens (primary N) is 2. The number of phenols is 1. The van der Waals surface area contributed by atoms with Crippen molar-refractivity contribution < 1.29 is 109 Å². The van der Waals surface area contributed by atoms with Crippen LogP contribution in [0, 0.1) is 40.9 Å². The molecule has 0 radical (unpaired) electrons. The predicted molar refractivity (Wildman–Crippen MR) is 482 cm³/mol. The van der Waals surface area contributed by atoms with E-state index in [2.05, 4.69) is 47.5 Å². The van der Waals surface area contributed by atoms with Gasteiger partial charge in [0.1, 0.15) is 72.5 Å². The van der Waals surface area contributed by atoms with Gasteiger partial charge in [-0.25, -0.2) is 22.0 Å². The maximum absolute atomic E-state index is 15.5. The molecule has 0 spiro atoms. The summed E-state index contributed by atoms with van der Waals surface area (Å²) >= 11 is 0.825. The fraction of sp³-hybridized carbons (Fsp3) is 0.419. The molecule has 34 nitrogen and oxygen atoms in total. The smallest absolute Gasteiger partial charge is 0.305 e. The molecule has 716 valence electrons. The zero-order valence-electron chi connectivity index (χ0n) is 75.4. The lowest BCUT2D eigenvalue weighted by atomic mass is 9.98. The van der Waals surface area contributed by atoms with E-state index in [-0.39, 0.29) is 62.2 Å². The topological polar surface area (TPSA) is 494 Å². The van der Waals surface area contributed by atoms with Crippen LogP contribution >= 0.6 is 11.8 Å². The number of carboxylic acid groups (broad SMARTS) is 1. The number of aromatic hydroxyl groups is 1. The van der Waals surface area contributed by atoms with Crippen molar-refractivity contribution in [1.82, 2.24) is 72.0 Å². The molecule has 1 aromatic heterocycles. The first kappa shape index (κ1) is 106. The van der Waals surface area contributed by atoms with Gasteiger partial charge < -0.3 is 98.5 Å². The highest BCUT2D eigenvalue weighted by Crippen LogP contribution is 2.27. The number of unbranched alkanes of at least 4 members (excludes halogenated alkanes) is 1. The lowest BCUT2D eigenvalue weighted by Crippen LogP contribution is -2.61. The molecule has 11 atom stereocenters. The number of amides is 14. The molecule has 0 unspecified atom stereocenters. The predicted octanol–water partition coefficient (Wildman–Crippen LogP) is 3.34. The van der Waals surface area contributed by atoms with Crippen LogP contribution in [0.2, 0.25) is 0 Å². The Labute approximate surface area is 770 Å². The Morgan fingerprint density at radius 3 is 1.53 bits per heavy atom. The van der Waals surface area contributed by atoms with Gasteiger partial charge in [0.2, 0.25) is 88.5 Å². The summed E-state index contributed by atoms with van der Waals surface area (Å²) in [5.74, 6) is -29.1. The second-order valence-corrected chi connectivity index (χ2v) is 34.2. The molecule has 0 aliphatic carbocycles. The third-order valence-electron chi connectivity index (χ3n) is 22.1. The van der Waals surface area contributed by atoms with Crippen LogP contribution in [0.25, 0.3) is 10.9 Å². The summed E-state index contributed by atoms with van der Waals surface area (Å²) in [5.41, 5.74) is 13.9. The van der Waals surface area contributed by atoms with E-state index < -0.39 is 240 Å². The molecule has 1 heterocycles. The summed E-state index contributed by atoms with van der Waals surface area (Å²) in [5, 5.41) is 41.3. The number of H-pyrrole nitrogens is 1. The average Bonchev–Trinajstić information content (AvgIpc) is 1.30. The van der Waals surface area contributed by atoms with E-state index in [0.29, 0.717) is 40.0 Å². The second-order valence-electron chi connectivity index (χ2n) is 33.1. The molecule has 15 N–H and O–H groups in total. The molecule has 7 rings (SSSR count). The third-order valence-corrected chi connectivity index (χ3v) is 23.1. The fourth-order valence-corrected chi connectivity index (χ4v) is 15.5. The Morgan fingerprint density at radius 1 is 0.481 bits per heavy atom. The number of thioether (sulfide) groups is 1. The minimum Gasteiger partial charge on any atom is -0.508 e. The van der Waals surface area contributed by atoms with Crippen molar-refractivity contribution in [3.05, 3.63) is 208 Å². The standard InChI is InChI=1S/C93H115F5N16O18S/c1-11-12-32-70(91(130)111(7)49-74(118)103-66(46-76(120)121)87(126)109-82(53(4)5)93(132)113(9)71(42-55-26-18-14-19-27-55)88(127)107-68(89(128)110(6)37-38-115)45-61-77(94)79(96)81(98)80(97)78(61)95)112(8)92(131)72(43-56-28-20-15-21-29-56)114(10)90(129)67(41-54-24-16-13-17-25-54)104-75(119)51-133-50-69(84(123)102-48-73(100)117)108-85(124)64(39-52(2)3)106-86(125)65(40-57-33-35-59(116)36-34-57)105-83(122)62(99)44-58-47-101-63-31-23-22-30-60(58)63/h13-31,33-36,38,47,52-53,62,64-72,82,101,116H,11-12,32,37,39-46,48-51,99H2,1-10H3,(H2,100,117)(H,102,123)(H,103,118)(H,104,119)(H,105,122)(H,106,125)(H,107,127)(H,108,124)(H,109,126)(H,120,121)/t62-,64-,65-,66-,67-,68-,69-,70-,71-,72-,82-/m0/s1. The Bertz CT molecular complexity index is 5230. The molecule has 7 aromatic rings. The van der Waals surface area contributed by atoms with Gasteiger partial charge in [0.15, 0.2) is 23.3 Å². The number of fused-ring (bicyclic) bond motifs is 1. The SMILES string of the molecule is CCCC[C@@H](C(=O)N(C)CC(=O)N[C@@H](CC(=O)O)C(=O)N[C@H](C(=O)N(C)[C@@H](Cc1ccccc1)C(=O)N[C@@H](Cc1c(F)c(F)c(F)c(F)c1F)C(=O)N(C)CC=O)C(C)C)N(C)C(=O)[C@H](Cc1ccccc1)N(C)C(=O)[C@H](Cc1ccccc1)NC(=O)CSC[C@H](NC(=O)[C@H](CC(C)C)NC(=O)[C@H](Cc1ccc(O)cc1)NC(=O)[C@@H](N)Cc1c[nH]c2ccccc12)C(=O)NCC(N)=O. The summed E-state index contributed by atoms with van der Waals surface area (Å²) in [6.07, 6.45) is -0.562. The number of nitrogens with zero attached hydrogens (tertiary/aromatic N) is 5. The van der Waals surface area contributed by atoms with Crippen LogP contribution in [0.3, 0.4) is 0 Å². The number of aromatic nitrogens is 1. The zero-order chi connectivity index (χ0) is 98.2. The zero-order valence-corrected chi connectivity index (χ0v) is 76.2. The highest BCUT2D eigenvalue weighted by Gasteiger charge is 2.43. The van der Waals surface area contributed by atoms with Gasteiger partial charge >= 0.3 is 5.97 Å². The summed E-state index contributed by atoms with van der Waals surface area (Å²) in [6, 6.07) is 20.8. The molecule has 0 saturated carbocycles. The van der Waals surface area contributed by atoms with Crippen LogP contribution in [0.15, 0.2) is 146 Å². The Kier molecular flexibility index (Phi) is 41.0. The van der Waals surface area contributed by atoms with Gasteiger partial charge in [0.25, 0.3) is 0 Å². The number of primary amides is 1. The van der Waals surface area contributed by atoms with Gasteiger partial charge in [-0.15, -0.1) is 11.8 Å². The minimum atomic E-state index is -2.51. The van der Waals surface area contributed by atoms with E-state index in [1.165, 1.54) is 59.3 Å². The first-order valence-electron chi connectivity index (χ1n) is 42.9. The van der Waals surface area contributed by atoms with E-state index >= 15 is 18.4 Å². The molecule has 0 aliphatic heterocycles. The maximum atomic E-state index is 15.5. The number of carboxylic acids is 1. The molecule has 133 heavy (non-hydrogen) atoms. The quantitative estimate of drug-likeness (QED) is 0.0112. The van der Waals surface area contributed by atoms with Gasteiger partial charge in [0.05, 0.1) is 37.8 Å². The minimum absolute atomic E-state index is 0.0123. The lowest BCUT2D eigenvalue weighted by molar-refractivity contribution is -0.151. The normalized spacial score (nSPS) is 13.7. The molecule has 0 saturated heterocycles. The van der Waals surface area contributed by atoms with E-state index in [1.807, 2.05) is 24.3 Å². The van der Waals surface area contributed by atoms with Crippen LogP contribution in [0.1, 0.15) is 100 Å². The van der Waals surface area contributed by atoms with Crippen molar-refractivity contribution in [2.24, 2.45) is 23.3 Å². The molecule has 0 fully saturated rings. The molecule has 6 aromatic carbocycles. The Morgan fingerprint density at radius 2 is 0.970 bits per heavy atom. The molecule has 0 aliphatic rings. The van der Waals surface area contributed by atoms with E-state index in [4.69, 9.17) is 11.5 Å². The van der Waals surface area contributed by atoms with Crippen molar-refractivity contribution in [2.45, 2.75) is 172 Å². The maximum Gasteiger partial charge on any atom is 0.305 e. The first-order chi connectivity index (χ1) is 63.0. The number of hydrogen-bond donors (Lipinski definition) is 13. The first-order valence-corrected chi connectivity index (χ1v) is 44.1. The fourth-order valence-electron chi connectivity index (χ4n) is 14.7. The highest BCUT2D eigenvalue weighted by molar-refractivity contribution is 8.00. The van der Waals surface area contributed by atoms with Crippen molar-refractivity contribution >= 4 is 118 Å². The Hall–Kier alpha value is -13.7. The summed E-state index contributed by atoms with van der Waals surface area (Å²) < 4.78 is 73.7. The van der Waals surface area contributed by atoms with Crippen molar-refractivity contribution in [3.8, 4) is 5.75 Å². The molecular weight excluding hydrogens is 1760 g/mol. The number of phenolic OH excluding ortho intramolecular Hbond substituents is 1. The summed E-state index contributed by atoms with van der Waals surface area (Å²) in [7, 11) is 5.98. The highest BCUT2D eigenvalue weighted by atomic mass is 32.2. The van der Waals surface area contributed by atoms with Crippen molar-refractivity contribution in [1.29, 1.82) is 0 Å². The van der Waals surface area contributed by atoms with Gasteiger partial charge in [0, 0.05) is 95.8 Å². The van der Waals surface area contributed by atoms with E-state index in [0.717, 1.165) is 61.9 Å². The number of rotatable bonds is 51. The largest absolute Gasteiger partial charge is 0.508 e. The number of halogens is 5. The molecule has 14 amide bonds. The number of hydrogen-bond acceptors (Lipinski definition) is 19. The molecule has 40 heteroatoms. The second kappa shape index (κ2) is 51.2. The number of benzene rings is 6. The molecule has 0 bridgehead atoms. The van der Waals surface area contributed by atoms with Gasteiger partial charge in [-0.2, -0.15) is 0 Å². The summed E-state index contributed by atoms with van der Waals surface area (Å²) in [6.45, 7) is 6.00. The summed E-state index contributed by atoms with van der Waals surface area (Å²) in [4.78, 5) is 233. The number of nitrogens with one attached hydrogen (secondary N) is 9. The monoisotopic (exact) mass is 1870 g/mol. The van der Waals surface area contributed by atoms with Gasteiger partial charge in [-0.1, -0.05) is 169 Å². The van der Waals surface area contributed by atoms with Crippen LogP contribution in [-0.2, 0) is 115 Å². The van der Waals surface area contributed by atoms with Gasteiger partial charge in [-0.3, -0.25) is 71.9 Å². The number of para-hydroxylation sites is 1. The van der Waals surface area contributed by atoms with Crippen molar-refractivity contribution in [3.63, 3.8) is 0 Å². The van der Waals surface area contributed by atoms with Gasteiger partial charge in [-0.05, 0) is 77.1 Å². The molecular formula is C93H115F5N16O18S. The number of aromatic amines is 1. The van der Waals surface area contributed by atoms with Crippen LogP contribution in [0.5, 0.6) is 5.75 Å². The van der Waals surface area contributed by atoms with E-state index in [9.17, 15) is 90.5 Å². The number of carbonyl (C=O) groups is 16. The Balaban J connectivity index is 1.07. The van der Waals surface area contributed by atoms with Crippen LogP contribution < -0.4 is 54.0 Å². The van der Waals surface area contributed by atoms with Crippen LogP contribution in [-0.4, -0.2) is 267 Å². The third kappa shape index (κ3) is 31.3. The van der Waals surface area contributed by atoms with E-state index in [1.54, 1.807) is 118 Å². The van der Waals surface area contributed by atoms with Crippen LogP contribution in [0.4, 0.5) is 22.0 Å².